The SMILES string of the molecule is C[C@H](NC(=O)OC(C)(C)C)C(F)(F)CCOc1cc(N(C(=O)OC(C)(C)C)c2cc([C@H]3CC[C@@H](O[Si](C)(C)C(C)(C)C)C3)nn2C(C)(C)C)ccn1. The molecule has 2 aromatic rings. The molecule has 0 aromatic carbocycles. The summed E-state index contributed by atoms with van der Waals surface area (Å²) in [6.07, 6.45) is 2.00. The van der Waals surface area contributed by atoms with Gasteiger partial charge in [0.15, 0.2) is 8.32 Å². The van der Waals surface area contributed by atoms with Crippen LogP contribution < -0.4 is 15.0 Å². The Bertz CT molecular complexity index is 1540. The molecule has 0 spiro atoms. The number of anilines is 2. The molecule has 52 heavy (non-hydrogen) atoms. The second kappa shape index (κ2) is 15.6. The molecule has 1 aliphatic rings. The summed E-state index contributed by atoms with van der Waals surface area (Å²) in [5.41, 5.74) is -0.926. The van der Waals surface area contributed by atoms with Crippen LogP contribution in [0.1, 0.15) is 127 Å². The van der Waals surface area contributed by atoms with Gasteiger partial charge in [-0.05, 0) is 113 Å². The lowest BCUT2D eigenvalue weighted by Gasteiger charge is -2.38. The highest BCUT2D eigenvalue weighted by molar-refractivity contribution is 6.74. The van der Waals surface area contributed by atoms with E-state index < -0.39 is 62.2 Å². The van der Waals surface area contributed by atoms with E-state index in [4.69, 9.17) is 23.7 Å². The van der Waals surface area contributed by atoms with Gasteiger partial charge in [-0.2, -0.15) is 5.10 Å². The lowest BCUT2D eigenvalue weighted by Crippen LogP contribution is -2.47. The molecule has 14 heteroatoms. The van der Waals surface area contributed by atoms with Crippen LogP contribution in [0.2, 0.25) is 18.1 Å². The Labute approximate surface area is 310 Å². The number of aromatic nitrogens is 3. The Morgan fingerprint density at radius 3 is 2.15 bits per heavy atom. The van der Waals surface area contributed by atoms with Crippen LogP contribution in [0.3, 0.4) is 0 Å². The van der Waals surface area contributed by atoms with Gasteiger partial charge in [-0.3, -0.25) is 0 Å². The number of carbonyl (C=O) groups excluding carboxylic acids is 2. The van der Waals surface area contributed by atoms with Crippen molar-refractivity contribution < 1.29 is 37.0 Å². The highest BCUT2D eigenvalue weighted by atomic mass is 28.4. The van der Waals surface area contributed by atoms with Crippen molar-refractivity contribution in [2.45, 2.75) is 175 Å². The largest absolute Gasteiger partial charge is 0.477 e. The second-order valence-corrected chi connectivity index (χ2v) is 23.2. The van der Waals surface area contributed by atoms with E-state index in [-0.39, 0.29) is 22.9 Å². The molecule has 1 N–H and O–H groups in total. The summed E-state index contributed by atoms with van der Waals surface area (Å²) < 4.78 is 55.3. The fraction of sp³-hybridized carbons (Fsp3) is 0.737. The van der Waals surface area contributed by atoms with E-state index >= 15 is 0 Å². The predicted octanol–water partition coefficient (Wildman–Crippen LogP) is 10.1. The second-order valence-electron chi connectivity index (χ2n) is 18.4. The lowest BCUT2D eigenvalue weighted by atomic mass is 10.0. The van der Waals surface area contributed by atoms with Crippen LogP contribution in [0.4, 0.5) is 29.9 Å². The zero-order chi connectivity index (χ0) is 39.7. The number of halogens is 2. The number of pyridine rings is 1. The summed E-state index contributed by atoms with van der Waals surface area (Å²) >= 11 is 0. The van der Waals surface area contributed by atoms with Crippen LogP contribution >= 0.6 is 0 Å². The van der Waals surface area contributed by atoms with Gasteiger partial charge in [-0.15, -0.1) is 0 Å². The minimum atomic E-state index is -3.30. The Hall–Kier alpha value is -3.26. The average molecular weight is 752 g/mol. The van der Waals surface area contributed by atoms with Gasteiger partial charge >= 0.3 is 12.2 Å². The monoisotopic (exact) mass is 751 g/mol. The zero-order valence-corrected chi connectivity index (χ0v) is 35.1. The molecule has 2 aromatic heterocycles. The Kier molecular flexibility index (Phi) is 12.9. The Morgan fingerprint density at radius 1 is 0.981 bits per heavy atom. The number of nitrogens with zero attached hydrogens (tertiary/aromatic N) is 4. The summed E-state index contributed by atoms with van der Waals surface area (Å²) in [4.78, 5) is 31.7. The normalized spacial score (nSPS) is 18.2. The molecule has 0 bridgehead atoms. The van der Waals surface area contributed by atoms with Crippen LogP contribution in [-0.2, 0) is 19.4 Å². The van der Waals surface area contributed by atoms with Crippen molar-refractivity contribution in [2.75, 3.05) is 11.5 Å². The first-order valence-electron chi connectivity index (χ1n) is 18.3. The zero-order valence-electron chi connectivity index (χ0n) is 34.1. The first kappa shape index (κ1) is 43.1. The molecule has 0 unspecified atom stereocenters. The molecule has 3 atom stereocenters. The third-order valence-corrected chi connectivity index (χ3v) is 13.8. The molecular weight excluding hydrogens is 689 g/mol. The molecule has 1 saturated carbocycles. The number of alkyl halides is 2. The summed E-state index contributed by atoms with van der Waals surface area (Å²) in [6.45, 7) is 28.4. The van der Waals surface area contributed by atoms with Crippen LogP contribution in [0.15, 0.2) is 24.4 Å². The highest BCUT2D eigenvalue weighted by Gasteiger charge is 2.42. The molecule has 1 aliphatic carbocycles. The van der Waals surface area contributed by atoms with Crippen molar-refractivity contribution >= 4 is 32.0 Å². The van der Waals surface area contributed by atoms with Crippen LogP contribution in [0.25, 0.3) is 0 Å². The van der Waals surface area contributed by atoms with Crippen molar-refractivity contribution in [3.05, 3.63) is 30.1 Å². The van der Waals surface area contributed by atoms with Gasteiger partial charge in [-0.25, -0.2) is 32.9 Å². The van der Waals surface area contributed by atoms with Crippen molar-refractivity contribution in [1.82, 2.24) is 20.1 Å². The van der Waals surface area contributed by atoms with Crippen molar-refractivity contribution in [1.29, 1.82) is 0 Å². The van der Waals surface area contributed by atoms with E-state index in [2.05, 4.69) is 44.2 Å². The number of alkyl carbamates (subject to hydrolysis) is 1. The number of nitrogens with one attached hydrogen (secondary N) is 1. The fourth-order valence-corrected chi connectivity index (χ4v) is 6.91. The smallest absolute Gasteiger partial charge is 0.420 e. The third-order valence-electron chi connectivity index (χ3n) is 9.25. The molecule has 0 radical (unpaired) electrons. The minimum absolute atomic E-state index is 0.0399. The molecule has 3 rings (SSSR count). The maximum absolute atomic E-state index is 15.0. The molecule has 11 nitrogen and oxygen atoms in total. The van der Waals surface area contributed by atoms with E-state index in [1.807, 2.05) is 31.5 Å². The average Bonchev–Trinajstić information content (AvgIpc) is 3.58. The quantitative estimate of drug-likeness (QED) is 0.226. The summed E-state index contributed by atoms with van der Waals surface area (Å²) in [6, 6.07) is 3.59. The molecule has 2 amide bonds. The number of ether oxygens (including phenoxy) is 3. The molecule has 0 aliphatic heterocycles. The van der Waals surface area contributed by atoms with Crippen LogP contribution in [-0.4, -0.2) is 71.1 Å². The molecular formula is C38H63F2N5O6Si. The van der Waals surface area contributed by atoms with E-state index in [0.717, 1.165) is 25.0 Å². The van der Waals surface area contributed by atoms with Gasteiger partial charge in [0.25, 0.3) is 5.92 Å². The molecule has 2 heterocycles. The maximum Gasteiger partial charge on any atom is 0.420 e. The van der Waals surface area contributed by atoms with Gasteiger partial charge in [-0.1, -0.05) is 20.8 Å². The van der Waals surface area contributed by atoms with Gasteiger partial charge in [0, 0.05) is 36.8 Å². The molecule has 294 valence electrons. The molecule has 0 saturated heterocycles. The van der Waals surface area contributed by atoms with E-state index in [1.54, 1.807) is 47.6 Å². The maximum atomic E-state index is 15.0. The van der Waals surface area contributed by atoms with Gasteiger partial charge in [0.05, 0.1) is 29.6 Å². The van der Waals surface area contributed by atoms with Gasteiger partial charge < -0.3 is 24.0 Å². The van der Waals surface area contributed by atoms with Crippen LogP contribution in [0, 0.1) is 0 Å². The van der Waals surface area contributed by atoms with Crippen molar-refractivity contribution in [3.8, 4) is 5.88 Å². The van der Waals surface area contributed by atoms with Crippen molar-refractivity contribution in [3.63, 3.8) is 0 Å². The standard InChI is InChI=1S/C38H63F2N5O6Si/c1-25(42-32(46)49-35(5,6)7)38(39,40)19-21-48-30-23-27(18-20-41-30)44(33(47)50-36(8,9)10)31-24-29(43-45(31)34(2,3)4)26-16-17-28(22-26)51-52(14,15)37(11,12)13/h18,20,23-26,28H,16-17,19,21-22H2,1-15H3,(H,42,46)/t25-,26-,28+/m0/s1. The first-order valence-corrected chi connectivity index (χ1v) is 21.2. The topological polar surface area (TPSA) is 117 Å². The number of carbonyl (C=O) groups is 2. The fourth-order valence-electron chi connectivity index (χ4n) is 5.50. The van der Waals surface area contributed by atoms with Crippen LogP contribution in [0.5, 0.6) is 5.88 Å². The van der Waals surface area contributed by atoms with E-state index in [9.17, 15) is 18.4 Å². The Balaban J connectivity index is 1.90. The minimum Gasteiger partial charge on any atom is -0.477 e. The first-order chi connectivity index (χ1) is 23.5. The summed E-state index contributed by atoms with van der Waals surface area (Å²) in [5.74, 6) is -2.63. The van der Waals surface area contributed by atoms with Crippen molar-refractivity contribution in [2.24, 2.45) is 0 Å². The number of hydrogen-bond donors (Lipinski definition) is 1. The van der Waals surface area contributed by atoms with Gasteiger partial charge in [0.1, 0.15) is 17.0 Å². The predicted molar refractivity (Wildman–Crippen MR) is 202 cm³/mol. The highest BCUT2D eigenvalue weighted by Crippen LogP contribution is 2.44. The van der Waals surface area contributed by atoms with E-state index in [1.165, 1.54) is 24.1 Å². The number of hydrogen-bond acceptors (Lipinski definition) is 8. The summed E-state index contributed by atoms with van der Waals surface area (Å²) in [5, 5.41) is 7.38. The number of rotatable bonds is 11. The molecule has 1 fully saturated rings. The Morgan fingerprint density at radius 2 is 1.60 bits per heavy atom. The summed E-state index contributed by atoms with van der Waals surface area (Å²) in [7, 11) is -1.96. The number of amides is 2. The third kappa shape index (κ3) is 11.9. The van der Waals surface area contributed by atoms with Gasteiger partial charge in [0.2, 0.25) is 5.88 Å². The van der Waals surface area contributed by atoms with E-state index in [0.29, 0.717) is 11.5 Å². The lowest BCUT2D eigenvalue weighted by molar-refractivity contribution is -0.0505.